The summed E-state index contributed by atoms with van der Waals surface area (Å²) in [6, 6.07) is 10.2. The Bertz CT molecular complexity index is 1110. The Hall–Kier alpha value is -3.39. The van der Waals surface area contributed by atoms with E-state index in [0.717, 1.165) is 17.0 Å². The van der Waals surface area contributed by atoms with Crippen LogP contribution in [0.3, 0.4) is 0 Å². The zero-order chi connectivity index (χ0) is 23.3. The molecule has 0 aliphatic heterocycles. The number of aromatic nitrogens is 3. The number of hydrogen-bond acceptors (Lipinski definition) is 6. The second kappa shape index (κ2) is 10.3. The normalized spacial score (nSPS) is 10.8. The summed E-state index contributed by atoms with van der Waals surface area (Å²) < 4.78 is 12.3. The lowest BCUT2D eigenvalue weighted by Crippen LogP contribution is -2.15. The minimum absolute atomic E-state index is 0.244. The standard InChI is InChI=1S/C23H25ClN4O4/c1-14(2)13-32-20-7-6-18(24)10-17(20)12-28-15(3)9-19(27-28)22(29)26-21-8-5-16(11-25-21)23(30)31-4/h5-11,14H,12-13H2,1-4H3,(H,25,26,29). The van der Waals surface area contributed by atoms with Crippen LogP contribution in [0.1, 0.15) is 46.0 Å². The molecule has 9 heteroatoms. The molecule has 0 bridgehead atoms. The Labute approximate surface area is 191 Å². The number of methoxy groups -OCH3 is 1. The number of rotatable bonds is 8. The molecule has 0 unspecified atom stereocenters. The summed E-state index contributed by atoms with van der Waals surface area (Å²) in [4.78, 5) is 28.2. The van der Waals surface area contributed by atoms with Gasteiger partial charge in [-0.2, -0.15) is 5.10 Å². The Morgan fingerprint density at radius 2 is 1.97 bits per heavy atom. The van der Waals surface area contributed by atoms with E-state index >= 15 is 0 Å². The SMILES string of the molecule is COC(=O)c1ccc(NC(=O)c2cc(C)n(Cc3cc(Cl)ccc3OCC(C)C)n2)nc1. The molecule has 0 radical (unpaired) electrons. The number of nitrogens with one attached hydrogen (secondary N) is 1. The average molecular weight is 457 g/mol. The van der Waals surface area contributed by atoms with Gasteiger partial charge < -0.3 is 14.8 Å². The van der Waals surface area contributed by atoms with E-state index in [2.05, 4.69) is 34.0 Å². The average Bonchev–Trinajstić information content (AvgIpc) is 3.13. The summed E-state index contributed by atoms with van der Waals surface area (Å²) in [5.41, 5.74) is 2.21. The molecule has 3 aromatic rings. The van der Waals surface area contributed by atoms with Gasteiger partial charge in [0.2, 0.25) is 0 Å². The van der Waals surface area contributed by atoms with Gasteiger partial charge in [-0.15, -0.1) is 0 Å². The van der Waals surface area contributed by atoms with Crippen LogP contribution in [-0.2, 0) is 11.3 Å². The molecule has 0 spiro atoms. The number of hydrogen-bond donors (Lipinski definition) is 1. The number of amides is 1. The number of aryl methyl sites for hydroxylation is 1. The van der Waals surface area contributed by atoms with Gasteiger partial charge in [-0.25, -0.2) is 9.78 Å². The summed E-state index contributed by atoms with van der Waals surface area (Å²) in [7, 11) is 1.29. The number of carbonyl (C=O) groups is 2. The quantitative estimate of drug-likeness (QED) is 0.506. The van der Waals surface area contributed by atoms with Crippen LogP contribution in [0.4, 0.5) is 5.82 Å². The highest BCUT2D eigenvalue weighted by Crippen LogP contribution is 2.25. The first-order valence-electron chi connectivity index (χ1n) is 10.1. The van der Waals surface area contributed by atoms with Gasteiger partial charge in [-0.1, -0.05) is 25.4 Å². The molecule has 0 saturated heterocycles. The van der Waals surface area contributed by atoms with Gasteiger partial charge in [0.05, 0.1) is 25.8 Å². The maximum atomic E-state index is 12.6. The van der Waals surface area contributed by atoms with Crippen LogP contribution < -0.4 is 10.1 Å². The highest BCUT2D eigenvalue weighted by Gasteiger charge is 2.16. The molecule has 2 aromatic heterocycles. The van der Waals surface area contributed by atoms with Gasteiger partial charge in [0.25, 0.3) is 5.91 Å². The van der Waals surface area contributed by atoms with E-state index in [9.17, 15) is 9.59 Å². The molecular formula is C23H25ClN4O4. The first-order chi connectivity index (χ1) is 15.3. The van der Waals surface area contributed by atoms with Crippen molar-refractivity contribution in [3.63, 3.8) is 0 Å². The van der Waals surface area contributed by atoms with Crippen molar-refractivity contribution in [1.82, 2.24) is 14.8 Å². The van der Waals surface area contributed by atoms with Crippen LogP contribution >= 0.6 is 11.6 Å². The number of halogens is 1. The van der Waals surface area contributed by atoms with Crippen LogP contribution in [0, 0.1) is 12.8 Å². The number of esters is 1. The second-order valence-electron chi connectivity index (χ2n) is 7.66. The Morgan fingerprint density at radius 1 is 1.19 bits per heavy atom. The lowest BCUT2D eigenvalue weighted by Gasteiger charge is -2.14. The first kappa shape index (κ1) is 23.3. The summed E-state index contributed by atoms with van der Waals surface area (Å²) in [6.07, 6.45) is 1.34. The van der Waals surface area contributed by atoms with Crippen LogP contribution in [-0.4, -0.2) is 40.4 Å². The van der Waals surface area contributed by atoms with Gasteiger partial charge in [0.15, 0.2) is 5.69 Å². The minimum atomic E-state index is -0.498. The third-order valence-electron chi connectivity index (χ3n) is 4.55. The van der Waals surface area contributed by atoms with E-state index in [1.54, 1.807) is 16.8 Å². The monoisotopic (exact) mass is 456 g/mol. The molecule has 8 nitrogen and oxygen atoms in total. The van der Waals surface area contributed by atoms with E-state index in [1.807, 2.05) is 19.1 Å². The molecule has 1 amide bonds. The van der Waals surface area contributed by atoms with E-state index in [-0.39, 0.29) is 5.69 Å². The fourth-order valence-corrected chi connectivity index (χ4v) is 3.09. The molecule has 1 N–H and O–H groups in total. The molecule has 0 atom stereocenters. The number of benzene rings is 1. The fraction of sp³-hybridized carbons (Fsp3) is 0.304. The summed E-state index contributed by atoms with van der Waals surface area (Å²) in [5, 5.41) is 7.70. The van der Waals surface area contributed by atoms with E-state index in [4.69, 9.17) is 16.3 Å². The summed E-state index contributed by atoms with van der Waals surface area (Å²) in [6.45, 7) is 7.01. The molecule has 0 aliphatic rings. The third kappa shape index (κ3) is 5.85. The van der Waals surface area contributed by atoms with Crippen LogP contribution in [0.2, 0.25) is 5.02 Å². The Kier molecular flexibility index (Phi) is 7.48. The molecule has 32 heavy (non-hydrogen) atoms. The van der Waals surface area contributed by atoms with Gasteiger partial charge in [0, 0.05) is 22.5 Å². The number of pyridine rings is 1. The molecule has 0 aliphatic carbocycles. The maximum Gasteiger partial charge on any atom is 0.339 e. The molecule has 3 rings (SSSR count). The number of carbonyl (C=O) groups excluding carboxylic acids is 2. The second-order valence-corrected chi connectivity index (χ2v) is 8.10. The minimum Gasteiger partial charge on any atom is -0.493 e. The summed E-state index contributed by atoms with van der Waals surface area (Å²) in [5.74, 6) is 0.513. The van der Waals surface area contributed by atoms with Gasteiger partial charge in [-0.05, 0) is 49.2 Å². The molecular weight excluding hydrogens is 432 g/mol. The largest absolute Gasteiger partial charge is 0.493 e. The predicted octanol–water partition coefficient (Wildman–Crippen LogP) is 4.36. The van der Waals surface area contributed by atoms with Crippen molar-refractivity contribution in [2.75, 3.05) is 19.0 Å². The van der Waals surface area contributed by atoms with Crippen molar-refractivity contribution < 1.29 is 19.1 Å². The van der Waals surface area contributed by atoms with Crippen LogP contribution in [0.15, 0.2) is 42.6 Å². The van der Waals surface area contributed by atoms with Crippen molar-refractivity contribution in [2.24, 2.45) is 5.92 Å². The van der Waals surface area contributed by atoms with Gasteiger partial charge in [-0.3, -0.25) is 9.48 Å². The molecule has 1 aromatic carbocycles. The van der Waals surface area contributed by atoms with Crippen molar-refractivity contribution >= 4 is 29.3 Å². The van der Waals surface area contributed by atoms with E-state index < -0.39 is 11.9 Å². The molecule has 0 saturated carbocycles. The highest BCUT2D eigenvalue weighted by atomic mass is 35.5. The van der Waals surface area contributed by atoms with E-state index in [0.29, 0.717) is 35.5 Å². The smallest absolute Gasteiger partial charge is 0.339 e. The number of anilines is 1. The zero-order valence-electron chi connectivity index (χ0n) is 18.4. The van der Waals surface area contributed by atoms with Crippen molar-refractivity contribution in [1.29, 1.82) is 0 Å². The molecule has 168 valence electrons. The molecule has 0 fully saturated rings. The van der Waals surface area contributed by atoms with Crippen molar-refractivity contribution in [3.8, 4) is 5.75 Å². The van der Waals surface area contributed by atoms with Crippen LogP contribution in [0.5, 0.6) is 5.75 Å². The molecule has 2 heterocycles. The fourth-order valence-electron chi connectivity index (χ4n) is 2.90. The highest BCUT2D eigenvalue weighted by molar-refractivity contribution is 6.30. The zero-order valence-corrected chi connectivity index (χ0v) is 19.1. The Balaban J connectivity index is 1.74. The van der Waals surface area contributed by atoms with Gasteiger partial charge >= 0.3 is 5.97 Å². The topological polar surface area (TPSA) is 95.3 Å². The lowest BCUT2D eigenvalue weighted by atomic mass is 10.2. The van der Waals surface area contributed by atoms with Crippen LogP contribution in [0.25, 0.3) is 0 Å². The lowest BCUT2D eigenvalue weighted by molar-refractivity contribution is 0.0600. The van der Waals surface area contributed by atoms with Crippen molar-refractivity contribution in [2.45, 2.75) is 27.3 Å². The number of ether oxygens (including phenoxy) is 2. The first-order valence-corrected chi connectivity index (χ1v) is 10.5. The Morgan fingerprint density at radius 3 is 2.62 bits per heavy atom. The number of nitrogens with zero attached hydrogens (tertiary/aromatic N) is 3. The maximum absolute atomic E-state index is 12.6. The predicted molar refractivity (Wildman–Crippen MR) is 121 cm³/mol. The van der Waals surface area contributed by atoms with Gasteiger partial charge in [0.1, 0.15) is 11.6 Å². The van der Waals surface area contributed by atoms with E-state index in [1.165, 1.54) is 25.4 Å². The third-order valence-corrected chi connectivity index (χ3v) is 4.79. The van der Waals surface area contributed by atoms with Crippen molar-refractivity contribution in [3.05, 3.63) is 70.1 Å². The summed E-state index contributed by atoms with van der Waals surface area (Å²) >= 11 is 6.19.